The molecule has 4 saturated heterocycles. The molecule has 540 valence electrons. The van der Waals surface area contributed by atoms with Crippen molar-refractivity contribution < 1.29 is 92.9 Å². The van der Waals surface area contributed by atoms with Crippen LogP contribution in [0.1, 0.15) is 145 Å². The largest absolute Gasteiger partial charge is 0.478 e. The number of esters is 2. The first-order valence-electron chi connectivity index (χ1n) is 33.8. The molecule has 4 unspecified atom stereocenters. The first kappa shape index (κ1) is 72.9. The molecule has 4 aliphatic heterocycles. The number of nitrogens with one attached hydrogen (secondary N) is 2. The lowest BCUT2D eigenvalue weighted by atomic mass is 9.83. The van der Waals surface area contributed by atoms with Crippen LogP contribution in [-0.4, -0.2) is 113 Å². The number of hydroxylamine groups is 1. The van der Waals surface area contributed by atoms with Crippen molar-refractivity contribution >= 4 is 41.5 Å². The number of likely N-dealkylation sites (tertiary alicyclic amines) is 3. The number of benzene rings is 7. The number of nitrogens with zero attached hydrogens (tertiary/aromatic N) is 3. The van der Waals surface area contributed by atoms with Crippen LogP contribution in [-0.2, 0) is 113 Å². The molecule has 7 aromatic rings. The molecule has 4 N–H and O–H groups in total. The molecule has 4 atom stereocenters. The van der Waals surface area contributed by atoms with E-state index in [-0.39, 0.29) is 48.9 Å². The highest BCUT2D eigenvalue weighted by molar-refractivity contribution is 5.97. The van der Waals surface area contributed by atoms with Crippen LogP contribution in [0.3, 0.4) is 0 Å². The molecule has 103 heavy (non-hydrogen) atoms. The Morgan fingerprint density at radius 3 is 1.08 bits per heavy atom. The number of ether oxygens (including phenoxy) is 2. The number of carbonyl (C=O) groups is 7. The van der Waals surface area contributed by atoms with Crippen molar-refractivity contribution in [3.8, 4) is 0 Å². The molecule has 4 fully saturated rings. The number of fused-ring (bicyclic) bond motifs is 4. The van der Waals surface area contributed by atoms with E-state index in [1.807, 2.05) is 30.3 Å². The standard InChI is InChI=1S/C22H20F3NO3.C21H19F3N2O3.C21H18F3NO3.C14H17NO2/c1-29-19(27)17-4-2-3-15-11-21(12-18(15)17)9-10-26(20(21)28)13-14-5-7-16(8-6-14)22(23,24)25;22-21(23,24)15-6-4-13(5-7-15)12-26-9-8-20(19(26)28)10-14-2-1-3-16(17(14)11-20)18(27)25-29;22-21(23,24)15-6-4-13(5-7-15)12-25-9-8-20(19(25)28)10-14-2-1-3-16(18(26)27)17(14)11-20;1-17-13(16)11-4-2-3-10-7-14(8-12(10)11)5-6-15-9-14/h2-8H,9-13H2,1H3;1-7,29H,8-12H2,(H,25,27);1-7H,8-12H2,(H,26,27);2-4,15H,5-9H2,1H3. The van der Waals surface area contributed by atoms with Gasteiger partial charge in [-0.25, -0.2) is 19.9 Å². The van der Waals surface area contributed by atoms with Crippen molar-refractivity contribution in [3.05, 3.63) is 246 Å². The number of alkyl halides is 9. The maximum Gasteiger partial charge on any atom is 0.416 e. The van der Waals surface area contributed by atoms with Crippen molar-refractivity contribution in [2.24, 2.45) is 21.7 Å². The van der Waals surface area contributed by atoms with Crippen LogP contribution in [0.15, 0.2) is 146 Å². The highest BCUT2D eigenvalue weighted by atomic mass is 19.4. The zero-order chi connectivity index (χ0) is 73.6. The van der Waals surface area contributed by atoms with Crippen molar-refractivity contribution in [3.63, 3.8) is 0 Å². The van der Waals surface area contributed by atoms with E-state index in [9.17, 15) is 78.2 Å². The van der Waals surface area contributed by atoms with Gasteiger partial charge >= 0.3 is 36.4 Å². The Labute approximate surface area is 587 Å². The minimum Gasteiger partial charge on any atom is -0.478 e. The van der Waals surface area contributed by atoms with E-state index < -0.39 is 69.3 Å². The first-order chi connectivity index (χ1) is 48.9. The fraction of sp³-hybridized carbons (Fsp3) is 0.372. The van der Waals surface area contributed by atoms with Gasteiger partial charge in [-0.15, -0.1) is 0 Å². The van der Waals surface area contributed by atoms with E-state index in [0.717, 1.165) is 101 Å². The van der Waals surface area contributed by atoms with Gasteiger partial charge in [-0.2, -0.15) is 39.5 Å². The second-order valence-corrected chi connectivity index (χ2v) is 28.2. The van der Waals surface area contributed by atoms with E-state index in [2.05, 4.69) is 11.4 Å². The smallest absolute Gasteiger partial charge is 0.416 e. The third-order valence-electron chi connectivity index (χ3n) is 21.8. The summed E-state index contributed by atoms with van der Waals surface area (Å²) in [5.74, 6) is -2.34. The Morgan fingerprint density at radius 1 is 0.437 bits per heavy atom. The van der Waals surface area contributed by atoms with Gasteiger partial charge in [-0.1, -0.05) is 84.9 Å². The van der Waals surface area contributed by atoms with Gasteiger partial charge in [0, 0.05) is 51.4 Å². The second kappa shape index (κ2) is 28.4. The van der Waals surface area contributed by atoms with Gasteiger partial charge in [0.25, 0.3) is 5.91 Å². The zero-order valence-electron chi connectivity index (χ0n) is 56.3. The third kappa shape index (κ3) is 14.8. The van der Waals surface area contributed by atoms with E-state index in [4.69, 9.17) is 14.7 Å². The van der Waals surface area contributed by atoms with Crippen molar-refractivity contribution in [1.82, 2.24) is 25.5 Å². The highest BCUT2D eigenvalue weighted by Crippen LogP contribution is 2.50. The predicted molar refractivity (Wildman–Crippen MR) is 356 cm³/mol. The maximum absolute atomic E-state index is 13.2. The van der Waals surface area contributed by atoms with Crippen molar-refractivity contribution in [2.45, 2.75) is 115 Å². The summed E-state index contributed by atoms with van der Waals surface area (Å²) in [6.07, 6.45) is -5.08. The number of hydrogen-bond donors (Lipinski definition) is 4. The molecule has 4 spiro atoms. The molecule has 0 radical (unpaired) electrons. The molecule has 0 saturated carbocycles. The monoisotopic (exact) mass is 1430 g/mol. The molecule has 15 rings (SSSR count). The number of carbonyl (C=O) groups excluding carboxylic acids is 6. The highest BCUT2D eigenvalue weighted by Gasteiger charge is 2.54. The van der Waals surface area contributed by atoms with Gasteiger partial charge in [0.15, 0.2) is 0 Å². The molecule has 16 nitrogen and oxygen atoms in total. The van der Waals surface area contributed by atoms with Crippen LogP contribution in [0.25, 0.3) is 0 Å². The summed E-state index contributed by atoms with van der Waals surface area (Å²) in [5, 5.41) is 21.8. The number of amides is 4. The lowest BCUT2D eigenvalue weighted by molar-refractivity contribution is -0.138. The third-order valence-corrected chi connectivity index (χ3v) is 21.8. The summed E-state index contributed by atoms with van der Waals surface area (Å²) in [6, 6.07) is 36.4. The number of rotatable bonds is 10. The molecule has 0 aromatic heterocycles. The number of halogens is 9. The van der Waals surface area contributed by atoms with Gasteiger partial charge in [0.1, 0.15) is 0 Å². The Bertz CT molecular complexity index is 4300. The maximum atomic E-state index is 13.2. The van der Waals surface area contributed by atoms with Crippen LogP contribution in [0, 0.1) is 21.7 Å². The van der Waals surface area contributed by atoms with E-state index >= 15 is 0 Å². The summed E-state index contributed by atoms with van der Waals surface area (Å²) in [6.45, 7) is 4.51. The number of aromatic carboxylic acids is 1. The number of carboxylic acid groups (broad SMARTS) is 1. The Balaban J connectivity index is 0.000000131. The van der Waals surface area contributed by atoms with Gasteiger partial charge in [-0.3, -0.25) is 24.4 Å². The normalized spacial score (nSPS) is 21.9. The summed E-state index contributed by atoms with van der Waals surface area (Å²) in [7, 11) is 2.78. The van der Waals surface area contributed by atoms with Gasteiger partial charge in [0.2, 0.25) is 17.7 Å². The van der Waals surface area contributed by atoms with Crippen LogP contribution in [0.5, 0.6) is 0 Å². The fourth-order valence-electron chi connectivity index (χ4n) is 16.5. The summed E-state index contributed by atoms with van der Waals surface area (Å²) in [4.78, 5) is 91.7. The molecule has 25 heteroatoms. The molecular weight excluding hydrogens is 1350 g/mol. The molecule has 4 heterocycles. The molecule has 7 aromatic carbocycles. The molecular formula is C78H74F9N5O11. The average Bonchev–Trinajstić information content (AvgIpc) is 1.60. The van der Waals surface area contributed by atoms with Crippen LogP contribution in [0.2, 0.25) is 0 Å². The molecule has 0 bridgehead atoms. The summed E-state index contributed by atoms with van der Waals surface area (Å²) in [5.41, 5.74) is 9.48. The van der Waals surface area contributed by atoms with Crippen LogP contribution < -0.4 is 10.8 Å². The Hall–Kier alpha value is -9.88. The minimum atomic E-state index is -4.39. The second-order valence-electron chi connectivity index (χ2n) is 28.2. The number of carboxylic acids is 1. The topological polar surface area (TPSA) is 212 Å². The summed E-state index contributed by atoms with van der Waals surface area (Å²) < 4.78 is 124. The van der Waals surface area contributed by atoms with Gasteiger partial charge in [0.05, 0.1) is 63.8 Å². The Morgan fingerprint density at radius 2 is 0.757 bits per heavy atom. The molecule has 4 amide bonds. The fourth-order valence-corrected chi connectivity index (χ4v) is 16.5. The quantitative estimate of drug-likeness (QED) is 0.0436. The summed E-state index contributed by atoms with van der Waals surface area (Å²) >= 11 is 0. The number of methoxy groups -OCH3 is 2. The van der Waals surface area contributed by atoms with Gasteiger partial charge < -0.3 is 34.6 Å². The average molecular weight is 1430 g/mol. The first-order valence-corrected chi connectivity index (χ1v) is 33.8. The van der Waals surface area contributed by atoms with Crippen LogP contribution >= 0.6 is 0 Å². The lowest BCUT2D eigenvalue weighted by Crippen LogP contribution is -2.35. The van der Waals surface area contributed by atoms with Gasteiger partial charge in [-0.05, 0) is 211 Å². The van der Waals surface area contributed by atoms with E-state index in [1.54, 1.807) is 56.6 Å². The van der Waals surface area contributed by atoms with Crippen LogP contribution in [0.4, 0.5) is 39.5 Å². The number of hydrogen-bond acceptors (Lipinski definition) is 11. The predicted octanol–water partition coefficient (Wildman–Crippen LogP) is 12.8. The zero-order valence-corrected chi connectivity index (χ0v) is 56.3. The SMILES string of the molecule is COC(=O)c1cccc2c1CC1(CCN(Cc3ccc(C(F)(F)F)cc3)C1=O)C2.COC(=O)c1cccc2c1CC1(CCNC1)C2.O=C(NO)c1cccc2c1CC1(CCN(Cc3ccc(C(F)(F)F)cc3)C1=O)C2.O=C(O)c1cccc2c1CC1(CCN(Cc3ccc(C(F)(F)F)cc3)C1=O)C2. The van der Waals surface area contributed by atoms with E-state index in [1.165, 1.54) is 68.2 Å². The van der Waals surface area contributed by atoms with Crippen molar-refractivity contribution in [1.29, 1.82) is 0 Å². The minimum absolute atomic E-state index is 0.00980. The lowest BCUT2D eigenvalue weighted by Gasteiger charge is -2.23. The van der Waals surface area contributed by atoms with E-state index in [0.29, 0.717) is 111 Å². The molecule has 8 aliphatic rings. The molecule has 4 aliphatic carbocycles. The van der Waals surface area contributed by atoms with Crippen molar-refractivity contribution in [2.75, 3.05) is 46.9 Å². The Kier molecular flexibility index (Phi) is 20.1.